The van der Waals surface area contributed by atoms with Crippen molar-refractivity contribution in [1.29, 1.82) is 0 Å². The Balaban J connectivity index is 1.99. The van der Waals surface area contributed by atoms with Crippen LogP contribution in [-0.2, 0) is 0 Å². The van der Waals surface area contributed by atoms with Crippen molar-refractivity contribution in [1.82, 2.24) is 10.9 Å². The number of nitrogens with one attached hydrogen (secondary N) is 2. The molecule has 0 radical (unpaired) electrons. The van der Waals surface area contributed by atoms with E-state index < -0.39 is 0 Å². The molecule has 2 aliphatic heterocycles. The zero-order valence-electron chi connectivity index (χ0n) is 7.90. The molecule has 1 fully saturated rings. The maximum absolute atomic E-state index is 4.14. The van der Waals surface area contributed by atoms with Crippen LogP contribution < -0.4 is 10.9 Å². The molecule has 72 valence electrons. The molecule has 3 aliphatic rings. The van der Waals surface area contributed by atoms with Crippen LogP contribution in [-0.4, -0.2) is 12.8 Å². The van der Waals surface area contributed by atoms with Gasteiger partial charge in [0.15, 0.2) is 0 Å². The van der Waals surface area contributed by atoms with Gasteiger partial charge in [0.1, 0.15) is 0 Å². The number of hydrazine groups is 1. The quantitative estimate of drug-likeness (QED) is 0.596. The molecular weight excluding hydrogens is 174 g/mol. The van der Waals surface area contributed by atoms with Gasteiger partial charge in [0.2, 0.25) is 0 Å². The van der Waals surface area contributed by atoms with Crippen LogP contribution in [0.25, 0.3) is 0 Å². The zero-order chi connectivity index (χ0) is 9.38. The fourth-order valence-electron chi connectivity index (χ4n) is 2.28. The van der Waals surface area contributed by atoms with Gasteiger partial charge in [-0.2, -0.15) is 0 Å². The first kappa shape index (κ1) is 8.00. The monoisotopic (exact) mass is 187 g/mol. The molecule has 3 rings (SSSR count). The fraction of sp³-hybridized carbons (Fsp3) is 0.364. The number of allylic oxidation sites excluding steroid dienone is 4. The van der Waals surface area contributed by atoms with Gasteiger partial charge in [-0.05, 0) is 24.1 Å². The highest BCUT2D eigenvalue weighted by atomic mass is 15.4. The molecule has 1 aliphatic carbocycles. The van der Waals surface area contributed by atoms with Gasteiger partial charge in [-0.1, -0.05) is 6.08 Å². The Kier molecular flexibility index (Phi) is 1.77. The molecule has 2 atom stereocenters. The van der Waals surface area contributed by atoms with Crippen LogP contribution in [0.2, 0.25) is 0 Å². The van der Waals surface area contributed by atoms with Crippen LogP contribution in [0.1, 0.15) is 6.42 Å². The van der Waals surface area contributed by atoms with Crippen molar-refractivity contribution in [2.75, 3.05) is 6.54 Å². The lowest BCUT2D eigenvalue weighted by molar-refractivity contribution is 0.518. The fourth-order valence-corrected chi connectivity index (χ4v) is 2.28. The molecule has 0 spiro atoms. The van der Waals surface area contributed by atoms with Gasteiger partial charge in [0.25, 0.3) is 0 Å². The molecule has 0 bridgehead atoms. The highest BCUT2D eigenvalue weighted by molar-refractivity contribution is 5.74. The second-order valence-electron chi connectivity index (χ2n) is 3.95. The largest absolute Gasteiger partial charge is 0.325 e. The van der Waals surface area contributed by atoms with E-state index in [-0.39, 0.29) is 0 Å². The number of fused-ring (bicyclic) bond motifs is 2. The van der Waals surface area contributed by atoms with Gasteiger partial charge in [-0.25, -0.2) is 5.43 Å². The summed E-state index contributed by atoms with van der Waals surface area (Å²) in [6, 6.07) is 0. The number of hydrogen-bond acceptors (Lipinski definition) is 3. The van der Waals surface area contributed by atoms with Crippen molar-refractivity contribution in [2.45, 2.75) is 6.42 Å². The minimum atomic E-state index is 0.549. The van der Waals surface area contributed by atoms with Gasteiger partial charge in [0.05, 0.1) is 0 Å². The van der Waals surface area contributed by atoms with E-state index in [2.05, 4.69) is 34.1 Å². The number of hydrogen-bond donors (Lipinski definition) is 2. The first-order valence-corrected chi connectivity index (χ1v) is 5.04. The first-order valence-electron chi connectivity index (χ1n) is 5.04. The zero-order valence-corrected chi connectivity index (χ0v) is 7.90. The molecule has 0 amide bonds. The summed E-state index contributed by atoms with van der Waals surface area (Å²) in [6.45, 7) is 1.05. The summed E-state index contributed by atoms with van der Waals surface area (Å²) in [5.41, 5.74) is 9.10. The predicted octanol–water partition coefficient (Wildman–Crippen LogP) is 1.14. The molecule has 0 saturated carbocycles. The average Bonchev–Trinajstić information content (AvgIpc) is 2.51. The van der Waals surface area contributed by atoms with E-state index in [9.17, 15) is 0 Å². The van der Waals surface area contributed by atoms with E-state index in [1.807, 2.05) is 12.4 Å². The maximum atomic E-state index is 4.14. The third-order valence-electron chi connectivity index (χ3n) is 3.07. The molecule has 2 N–H and O–H groups in total. The molecule has 0 aromatic rings. The van der Waals surface area contributed by atoms with E-state index in [1.54, 1.807) is 0 Å². The SMILES string of the molecule is C1=CC2CC3CNNC3=CC2=CC=N1. The molecule has 0 aromatic carbocycles. The highest BCUT2D eigenvalue weighted by Crippen LogP contribution is 2.34. The summed E-state index contributed by atoms with van der Waals surface area (Å²) >= 11 is 0. The average molecular weight is 187 g/mol. The topological polar surface area (TPSA) is 36.4 Å². The standard InChI is InChI=1S/C11H13N3/c1-3-12-4-2-9-6-11-10(5-8(1)9)7-13-14-11/h1-4,6,8,10,13-14H,5,7H2. The van der Waals surface area contributed by atoms with Crippen LogP contribution in [0.4, 0.5) is 0 Å². The second kappa shape index (κ2) is 3.10. The first-order chi connectivity index (χ1) is 6.93. The van der Waals surface area contributed by atoms with Crippen LogP contribution in [0.3, 0.4) is 0 Å². The molecule has 2 unspecified atom stereocenters. The van der Waals surface area contributed by atoms with Crippen molar-refractivity contribution in [3.63, 3.8) is 0 Å². The molecular formula is C11H13N3. The molecule has 3 heteroatoms. The maximum Gasteiger partial charge on any atom is 0.0309 e. The van der Waals surface area contributed by atoms with Crippen molar-refractivity contribution in [3.05, 3.63) is 35.7 Å². The minimum absolute atomic E-state index is 0.549. The summed E-state index contributed by atoms with van der Waals surface area (Å²) in [6.07, 6.45) is 11.5. The number of aliphatic imine (C=N–C) groups is 1. The third kappa shape index (κ3) is 1.21. The minimum Gasteiger partial charge on any atom is -0.325 e. The molecule has 0 aromatic heterocycles. The van der Waals surface area contributed by atoms with Crippen LogP contribution >= 0.6 is 0 Å². The predicted molar refractivity (Wildman–Crippen MR) is 56.5 cm³/mol. The van der Waals surface area contributed by atoms with Crippen LogP contribution in [0, 0.1) is 11.8 Å². The smallest absolute Gasteiger partial charge is 0.0309 e. The Morgan fingerprint density at radius 2 is 2.43 bits per heavy atom. The second-order valence-corrected chi connectivity index (χ2v) is 3.95. The normalized spacial score (nSPS) is 33.7. The van der Waals surface area contributed by atoms with E-state index in [0.717, 1.165) is 6.54 Å². The summed E-state index contributed by atoms with van der Waals surface area (Å²) in [5, 5.41) is 0. The van der Waals surface area contributed by atoms with Gasteiger partial charge < -0.3 is 5.43 Å². The van der Waals surface area contributed by atoms with E-state index in [4.69, 9.17) is 0 Å². The van der Waals surface area contributed by atoms with Crippen molar-refractivity contribution < 1.29 is 0 Å². The van der Waals surface area contributed by atoms with Crippen LogP contribution in [0.15, 0.2) is 40.7 Å². The van der Waals surface area contributed by atoms with Crippen molar-refractivity contribution in [2.24, 2.45) is 16.8 Å². The summed E-state index contributed by atoms with van der Waals surface area (Å²) in [5.74, 6) is 1.20. The molecule has 3 nitrogen and oxygen atoms in total. The van der Waals surface area contributed by atoms with Gasteiger partial charge >= 0.3 is 0 Å². The lowest BCUT2D eigenvalue weighted by atomic mass is 9.81. The van der Waals surface area contributed by atoms with E-state index in [1.165, 1.54) is 17.7 Å². The van der Waals surface area contributed by atoms with Gasteiger partial charge in [-0.15, -0.1) is 0 Å². The highest BCUT2D eigenvalue weighted by Gasteiger charge is 2.29. The van der Waals surface area contributed by atoms with E-state index >= 15 is 0 Å². The van der Waals surface area contributed by atoms with E-state index in [0.29, 0.717) is 11.8 Å². The lowest BCUT2D eigenvalue weighted by Crippen LogP contribution is -2.21. The molecule has 2 heterocycles. The Morgan fingerprint density at radius 3 is 3.43 bits per heavy atom. The number of rotatable bonds is 0. The molecule has 1 saturated heterocycles. The third-order valence-corrected chi connectivity index (χ3v) is 3.07. The Hall–Kier alpha value is -1.35. The van der Waals surface area contributed by atoms with Gasteiger partial charge in [-0.3, -0.25) is 4.99 Å². The summed E-state index contributed by atoms with van der Waals surface area (Å²) in [7, 11) is 0. The summed E-state index contributed by atoms with van der Waals surface area (Å²) in [4.78, 5) is 4.14. The number of nitrogens with zero attached hydrogens (tertiary/aromatic N) is 1. The Morgan fingerprint density at radius 1 is 1.43 bits per heavy atom. The van der Waals surface area contributed by atoms with Crippen molar-refractivity contribution in [3.8, 4) is 0 Å². The van der Waals surface area contributed by atoms with Crippen molar-refractivity contribution >= 4 is 6.21 Å². The van der Waals surface area contributed by atoms with Gasteiger partial charge in [0, 0.05) is 36.5 Å². The summed E-state index contributed by atoms with van der Waals surface area (Å²) < 4.78 is 0. The molecule has 14 heavy (non-hydrogen) atoms. The van der Waals surface area contributed by atoms with Crippen LogP contribution in [0.5, 0.6) is 0 Å². The lowest BCUT2D eigenvalue weighted by Gasteiger charge is -2.23. The Labute approximate surface area is 83.3 Å². The Bertz CT molecular complexity index is 363.